The number of nitrogens with zero attached hydrogens (tertiary/aromatic N) is 5. The minimum atomic E-state index is -1.01. The monoisotopic (exact) mass is 653 g/mol. The zero-order chi connectivity index (χ0) is 33.2. The molecule has 0 aliphatic carbocycles. The van der Waals surface area contributed by atoms with Crippen LogP contribution in [-0.4, -0.2) is 101 Å². The van der Waals surface area contributed by atoms with Crippen molar-refractivity contribution < 1.29 is 23.5 Å². The Hall–Kier alpha value is -5.13. The number of piperidine rings is 1. The predicted octanol–water partition coefficient (Wildman–Crippen LogP) is 4.96. The number of anilines is 2. The minimum Gasteiger partial charge on any atom is -0.436 e. The zero-order valence-corrected chi connectivity index (χ0v) is 27.0. The molecule has 2 N–H and O–H groups in total. The number of para-hydroxylation sites is 1. The number of likely N-dealkylation sites (tertiary alicyclic amines) is 1. The molecule has 0 unspecified atom stereocenters. The molecule has 4 aromatic rings. The Morgan fingerprint density at radius 3 is 2.48 bits per heavy atom. The van der Waals surface area contributed by atoms with Gasteiger partial charge in [-0.2, -0.15) is 5.10 Å². The molecule has 2 fully saturated rings. The fourth-order valence-electron chi connectivity index (χ4n) is 7.16. The summed E-state index contributed by atoms with van der Waals surface area (Å²) in [5, 5.41) is 11.1. The third kappa shape index (κ3) is 6.65. The number of benzene rings is 3. The summed E-state index contributed by atoms with van der Waals surface area (Å²) in [7, 11) is 0. The summed E-state index contributed by atoms with van der Waals surface area (Å²) < 4.78 is 19.5. The Kier molecular flexibility index (Phi) is 8.88. The smallest absolute Gasteiger partial charge is 0.410 e. The van der Waals surface area contributed by atoms with E-state index in [2.05, 4.69) is 20.4 Å². The summed E-state index contributed by atoms with van der Waals surface area (Å²) in [4.78, 5) is 48.1. The highest BCUT2D eigenvalue weighted by molar-refractivity contribution is 5.91. The largest absolute Gasteiger partial charge is 0.436 e. The highest BCUT2D eigenvalue weighted by atomic mass is 19.1. The topological polar surface area (TPSA) is 114 Å². The number of ether oxygens (including phenoxy) is 1. The quantitative estimate of drug-likeness (QED) is 0.304. The molecule has 4 amide bonds. The van der Waals surface area contributed by atoms with Crippen LogP contribution in [0.25, 0.3) is 10.9 Å². The van der Waals surface area contributed by atoms with Crippen molar-refractivity contribution in [3.63, 3.8) is 0 Å². The van der Waals surface area contributed by atoms with Crippen LogP contribution >= 0.6 is 0 Å². The number of urea groups is 1. The average Bonchev–Trinajstić information content (AvgIpc) is 3.52. The van der Waals surface area contributed by atoms with Crippen molar-refractivity contribution in [2.24, 2.45) is 0 Å². The molecule has 7 rings (SSSR count). The Bertz CT molecular complexity index is 1800. The Labute approximate surface area is 278 Å². The fraction of sp³-hybridized carbons (Fsp3) is 0.389. The van der Waals surface area contributed by atoms with E-state index >= 15 is 0 Å². The normalized spacial score (nSPS) is 17.9. The van der Waals surface area contributed by atoms with Gasteiger partial charge in [0.05, 0.1) is 11.7 Å². The number of aromatic amines is 1. The SMILES string of the molecule is Cc1cc(C[C@@H](OC(=O)N2CCC(N3CCc4ccccc4NC3=O)CC2)C(=O)N2CCN(c3ccc(F)cc3)CC2)cc2cn[nH]c12. The molecule has 3 aliphatic rings. The van der Waals surface area contributed by atoms with Crippen LogP contribution in [0, 0.1) is 12.7 Å². The molecule has 12 heteroatoms. The van der Waals surface area contributed by atoms with Crippen molar-refractivity contribution >= 4 is 40.3 Å². The maximum Gasteiger partial charge on any atom is 0.410 e. The number of aromatic nitrogens is 2. The lowest BCUT2D eigenvalue weighted by atomic mass is 10.0. The van der Waals surface area contributed by atoms with Crippen LogP contribution in [0.15, 0.2) is 66.9 Å². The van der Waals surface area contributed by atoms with Gasteiger partial charge in [0.25, 0.3) is 5.91 Å². The van der Waals surface area contributed by atoms with E-state index in [-0.39, 0.29) is 30.2 Å². The van der Waals surface area contributed by atoms with E-state index in [0.717, 1.165) is 45.4 Å². The molecule has 3 aromatic carbocycles. The Morgan fingerprint density at radius 1 is 0.958 bits per heavy atom. The van der Waals surface area contributed by atoms with Crippen LogP contribution in [-0.2, 0) is 22.4 Å². The molecule has 3 aliphatic heterocycles. The summed E-state index contributed by atoms with van der Waals surface area (Å²) in [6.07, 6.45) is 2.46. The highest BCUT2D eigenvalue weighted by Gasteiger charge is 2.35. The second-order valence-electron chi connectivity index (χ2n) is 12.9. The van der Waals surface area contributed by atoms with Crippen molar-refractivity contribution in [2.45, 2.75) is 44.8 Å². The maximum absolute atomic E-state index is 14.0. The summed E-state index contributed by atoms with van der Waals surface area (Å²) in [5.74, 6) is -0.522. The summed E-state index contributed by atoms with van der Waals surface area (Å²) in [6.45, 7) is 5.53. The van der Waals surface area contributed by atoms with Crippen molar-refractivity contribution in [1.82, 2.24) is 24.9 Å². The first kappa shape index (κ1) is 31.5. The lowest BCUT2D eigenvalue weighted by Crippen LogP contribution is -2.54. The van der Waals surface area contributed by atoms with Crippen LogP contribution in [0.5, 0.6) is 0 Å². The molecule has 0 saturated carbocycles. The second-order valence-corrected chi connectivity index (χ2v) is 12.9. The number of aryl methyl sites for hydroxylation is 1. The van der Waals surface area contributed by atoms with E-state index in [4.69, 9.17) is 4.74 Å². The van der Waals surface area contributed by atoms with Gasteiger partial charge in [-0.3, -0.25) is 9.89 Å². The molecule has 2 saturated heterocycles. The van der Waals surface area contributed by atoms with Gasteiger partial charge < -0.3 is 29.7 Å². The van der Waals surface area contributed by atoms with Gasteiger partial charge >= 0.3 is 12.1 Å². The van der Waals surface area contributed by atoms with Gasteiger partial charge in [-0.1, -0.05) is 24.3 Å². The number of piperazine rings is 1. The van der Waals surface area contributed by atoms with Gasteiger partial charge in [0.2, 0.25) is 0 Å². The summed E-state index contributed by atoms with van der Waals surface area (Å²) in [6, 6.07) is 18.1. The van der Waals surface area contributed by atoms with E-state index in [1.54, 1.807) is 28.1 Å². The number of halogens is 1. The standard InChI is InChI=1S/C36H40FN7O4/c1-24-20-25(21-27-23-38-40-33(24)27)22-32(34(45)42-18-16-41(17-19-42)29-8-6-28(37)7-9-29)48-36(47)43-13-11-30(12-14-43)44-15-10-26-4-2-3-5-31(26)39-35(44)46/h2-9,20-21,23,30,32H,10-19,22H2,1H3,(H,38,40)(H,39,46)/t32-/m1/s1. The van der Waals surface area contributed by atoms with E-state index in [1.165, 1.54) is 12.1 Å². The number of rotatable bonds is 6. The lowest BCUT2D eigenvalue weighted by molar-refractivity contribution is -0.141. The number of hydrogen-bond acceptors (Lipinski definition) is 6. The van der Waals surface area contributed by atoms with Crippen LogP contribution in [0.3, 0.4) is 0 Å². The van der Waals surface area contributed by atoms with Crippen LogP contribution < -0.4 is 10.2 Å². The number of nitrogens with one attached hydrogen (secondary N) is 2. The van der Waals surface area contributed by atoms with Gasteiger partial charge in [0.15, 0.2) is 6.10 Å². The molecular formula is C36H40FN7O4. The summed E-state index contributed by atoms with van der Waals surface area (Å²) >= 11 is 0. The first-order valence-electron chi connectivity index (χ1n) is 16.7. The molecule has 0 spiro atoms. The molecule has 1 aromatic heterocycles. The lowest BCUT2D eigenvalue weighted by Gasteiger charge is -2.39. The van der Waals surface area contributed by atoms with Crippen molar-refractivity contribution in [2.75, 3.05) is 56.0 Å². The van der Waals surface area contributed by atoms with Gasteiger partial charge in [-0.15, -0.1) is 0 Å². The molecule has 1 atom stereocenters. The molecule has 11 nitrogen and oxygen atoms in total. The molecule has 0 bridgehead atoms. The first-order valence-corrected chi connectivity index (χ1v) is 16.7. The minimum absolute atomic E-state index is 0.00265. The van der Waals surface area contributed by atoms with E-state index in [1.807, 2.05) is 48.2 Å². The second kappa shape index (κ2) is 13.5. The fourth-order valence-corrected chi connectivity index (χ4v) is 7.16. The third-order valence-electron chi connectivity index (χ3n) is 9.83. The molecule has 4 heterocycles. The van der Waals surface area contributed by atoms with Gasteiger partial charge in [0.1, 0.15) is 5.82 Å². The van der Waals surface area contributed by atoms with Crippen LogP contribution in [0.2, 0.25) is 0 Å². The Balaban J connectivity index is 1.01. The number of fused-ring (bicyclic) bond motifs is 2. The molecular weight excluding hydrogens is 613 g/mol. The van der Waals surface area contributed by atoms with Gasteiger partial charge in [-0.05, 0) is 79.3 Å². The molecule has 48 heavy (non-hydrogen) atoms. The van der Waals surface area contributed by atoms with Crippen molar-refractivity contribution in [3.05, 3.63) is 89.4 Å². The number of carbonyl (C=O) groups is 3. The van der Waals surface area contributed by atoms with E-state index in [0.29, 0.717) is 58.7 Å². The number of H-pyrrole nitrogens is 1. The molecule has 0 radical (unpaired) electrons. The Morgan fingerprint density at radius 2 is 1.71 bits per heavy atom. The third-order valence-corrected chi connectivity index (χ3v) is 9.83. The molecule has 250 valence electrons. The first-order chi connectivity index (χ1) is 23.3. The number of amides is 4. The number of hydrogen-bond donors (Lipinski definition) is 2. The van der Waals surface area contributed by atoms with Gasteiger partial charge in [-0.25, -0.2) is 14.0 Å². The van der Waals surface area contributed by atoms with Crippen molar-refractivity contribution in [3.8, 4) is 0 Å². The van der Waals surface area contributed by atoms with Crippen molar-refractivity contribution in [1.29, 1.82) is 0 Å². The van der Waals surface area contributed by atoms with E-state index in [9.17, 15) is 18.8 Å². The average molecular weight is 654 g/mol. The number of carbonyl (C=O) groups excluding carboxylic acids is 3. The zero-order valence-electron chi connectivity index (χ0n) is 27.0. The van der Waals surface area contributed by atoms with Crippen LogP contribution in [0.1, 0.15) is 29.5 Å². The van der Waals surface area contributed by atoms with Crippen LogP contribution in [0.4, 0.5) is 25.4 Å². The summed E-state index contributed by atoms with van der Waals surface area (Å²) in [5.41, 5.74) is 5.67. The van der Waals surface area contributed by atoms with Gasteiger partial charge in [0, 0.05) is 75.0 Å². The maximum atomic E-state index is 14.0. The van der Waals surface area contributed by atoms with E-state index < -0.39 is 12.2 Å². The highest BCUT2D eigenvalue weighted by Crippen LogP contribution is 2.26. The predicted molar refractivity (Wildman–Crippen MR) is 180 cm³/mol.